The summed E-state index contributed by atoms with van der Waals surface area (Å²) < 4.78 is 11.1. The monoisotopic (exact) mass is 299 g/mol. The maximum atomic E-state index is 11.9. The predicted octanol–water partition coefficient (Wildman–Crippen LogP) is 3.80. The summed E-state index contributed by atoms with van der Waals surface area (Å²) in [6.07, 6.45) is 0.945. The van der Waals surface area contributed by atoms with Crippen molar-refractivity contribution in [2.24, 2.45) is 0 Å². The molecular weight excluding hydrogens is 278 g/mol. The van der Waals surface area contributed by atoms with Gasteiger partial charge < -0.3 is 14.8 Å². The van der Waals surface area contributed by atoms with Crippen molar-refractivity contribution in [2.45, 2.75) is 20.3 Å². The van der Waals surface area contributed by atoms with Gasteiger partial charge in [0.1, 0.15) is 11.5 Å². The van der Waals surface area contributed by atoms with E-state index in [1.807, 2.05) is 49.4 Å². The first-order valence-corrected chi connectivity index (χ1v) is 7.40. The Morgan fingerprint density at radius 1 is 1.09 bits per heavy atom. The number of ether oxygens (including phenoxy) is 2. The van der Waals surface area contributed by atoms with Crippen molar-refractivity contribution >= 4 is 11.6 Å². The van der Waals surface area contributed by atoms with Crippen molar-refractivity contribution in [3.63, 3.8) is 0 Å². The summed E-state index contributed by atoms with van der Waals surface area (Å²) in [6.45, 7) is 4.63. The maximum Gasteiger partial charge on any atom is 0.262 e. The van der Waals surface area contributed by atoms with E-state index in [1.54, 1.807) is 6.07 Å². The fourth-order valence-corrected chi connectivity index (χ4v) is 1.94. The first-order valence-electron chi connectivity index (χ1n) is 7.40. The molecule has 0 atom stereocenters. The van der Waals surface area contributed by atoms with Gasteiger partial charge in [-0.2, -0.15) is 0 Å². The minimum atomic E-state index is -0.198. The molecule has 0 heterocycles. The van der Waals surface area contributed by atoms with E-state index in [0.717, 1.165) is 23.5 Å². The van der Waals surface area contributed by atoms with Crippen molar-refractivity contribution in [1.82, 2.24) is 0 Å². The Morgan fingerprint density at radius 3 is 2.68 bits per heavy atom. The molecule has 2 rings (SSSR count). The van der Waals surface area contributed by atoms with Crippen LogP contribution in [-0.4, -0.2) is 19.1 Å². The number of anilines is 1. The molecule has 4 nitrogen and oxygen atoms in total. The average Bonchev–Trinajstić information content (AvgIpc) is 2.52. The first-order chi connectivity index (χ1) is 10.7. The van der Waals surface area contributed by atoms with E-state index in [-0.39, 0.29) is 12.5 Å². The Kier molecular flexibility index (Phi) is 5.83. The summed E-state index contributed by atoms with van der Waals surface area (Å²) in [5.74, 6) is 1.27. The van der Waals surface area contributed by atoms with Crippen LogP contribution in [0.3, 0.4) is 0 Å². The van der Waals surface area contributed by atoms with Gasteiger partial charge in [0, 0.05) is 11.8 Å². The molecule has 116 valence electrons. The minimum Gasteiger partial charge on any atom is -0.494 e. The summed E-state index contributed by atoms with van der Waals surface area (Å²) in [6, 6.07) is 15.0. The van der Waals surface area contributed by atoms with Crippen molar-refractivity contribution < 1.29 is 14.3 Å². The molecule has 0 spiro atoms. The van der Waals surface area contributed by atoms with Gasteiger partial charge in [0.25, 0.3) is 5.91 Å². The smallest absolute Gasteiger partial charge is 0.262 e. The van der Waals surface area contributed by atoms with Crippen LogP contribution in [0.5, 0.6) is 11.5 Å². The van der Waals surface area contributed by atoms with E-state index in [4.69, 9.17) is 9.47 Å². The molecule has 1 N–H and O–H groups in total. The zero-order chi connectivity index (χ0) is 15.8. The van der Waals surface area contributed by atoms with Crippen LogP contribution >= 0.6 is 0 Å². The standard InChI is InChI=1S/C18H21NO3/c1-3-11-21-16-9-6-8-15(12-16)19-18(20)13-22-17-10-5-4-7-14(17)2/h4-10,12H,3,11,13H2,1-2H3,(H,19,20). The lowest BCUT2D eigenvalue weighted by atomic mass is 10.2. The van der Waals surface area contributed by atoms with Gasteiger partial charge in [-0.15, -0.1) is 0 Å². The molecular formula is C18H21NO3. The van der Waals surface area contributed by atoms with E-state index in [0.29, 0.717) is 12.3 Å². The van der Waals surface area contributed by atoms with Gasteiger partial charge in [-0.1, -0.05) is 31.2 Å². The topological polar surface area (TPSA) is 47.6 Å². The molecule has 22 heavy (non-hydrogen) atoms. The molecule has 0 aliphatic rings. The van der Waals surface area contributed by atoms with Gasteiger partial charge in [0.2, 0.25) is 0 Å². The van der Waals surface area contributed by atoms with E-state index >= 15 is 0 Å². The number of nitrogens with one attached hydrogen (secondary N) is 1. The highest BCUT2D eigenvalue weighted by Gasteiger charge is 2.06. The molecule has 2 aromatic carbocycles. The third kappa shape index (κ3) is 4.81. The van der Waals surface area contributed by atoms with Gasteiger partial charge in [-0.05, 0) is 37.1 Å². The summed E-state index contributed by atoms with van der Waals surface area (Å²) in [7, 11) is 0. The second-order valence-corrected chi connectivity index (χ2v) is 4.98. The molecule has 0 aliphatic carbocycles. The third-order valence-corrected chi connectivity index (χ3v) is 3.04. The lowest BCUT2D eigenvalue weighted by Gasteiger charge is -2.10. The lowest BCUT2D eigenvalue weighted by Crippen LogP contribution is -2.20. The van der Waals surface area contributed by atoms with E-state index in [1.165, 1.54) is 0 Å². The number of para-hydroxylation sites is 1. The molecule has 0 bridgehead atoms. The first kappa shape index (κ1) is 15.9. The molecule has 0 unspecified atom stereocenters. The Balaban J connectivity index is 1.88. The van der Waals surface area contributed by atoms with Gasteiger partial charge in [-0.25, -0.2) is 0 Å². The molecule has 4 heteroatoms. The predicted molar refractivity (Wildman–Crippen MR) is 87.5 cm³/mol. The van der Waals surface area contributed by atoms with Crippen LogP contribution in [0.4, 0.5) is 5.69 Å². The molecule has 2 aromatic rings. The van der Waals surface area contributed by atoms with Gasteiger partial charge in [-0.3, -0.25) is 4.79 Å². The number of amides is 1. The normalized spacial score (nSPS) is 10.1. The fraction of sp³-hybridized carbons (Fsp3) is 0.278. The van der Waals surface area contributed by atoms with Crippen molar-refractivity contribution in [3.05, 3.63) is 54.1 Å². The molecule has 0 aliphatic heterocycles. The Bertz CT molecular complexity index is 625. The van der Waals surface area contributed by atoms with Crippen LogP contribution < -0.4 is 14.8 Å². The second kappa shape index (κ2) is 8.08. The second-order valence-electron chi connectivity index (χ2n) is 4.98. The van der Waals surface area contributed by atoms with E-state index in [2.05, 4.69) is 12.2 Å². The van der Waals surface area contributed by atoms with Crippen LogP contribution in [0.2, 0.25) is 0 Å². The Morgan fingerprint density at radius 2 is 1.91 bits per heavy atom. The highest BCUT2D eigenvalue weighted by atomic mass is 16.5. The quantitative estimate of drug-likeness (QED) is 0.846. The Labute approximate surface area is 131 Å². The minimum absolute atomic E-state index is 0.0229. The number of carbonyl (C=O) groups excluding carboxylic acids is 1. The van der Waals surface area contributed by atoms with Gasteiger partial charge in [0.05, 0.1) is 6.61 Å². The zero-order valence-corrected chi connectivity index (χ0v) is 13.0. The van der Waals surface area contributed by atoms with Gasteiger partial charge >= 0.3 is 0 Å². The summed E-state index contributed by atoms with van der Waals surface area (Å²) in [4.78, 5) is 11.9. The van der Waals surface area contributed by atoms with E-state index < -0.39 is 0 Å². The maximum absolute atomic E-state index is 11.9. The summed E-state index contributed by atoms with van der Waals surface area (Å²) in [5.41, 5.74) is 1.71. The number of aryl methyl sites for hydroxylation is 1. The molecule has 0 saturated carbocycles. The van der Waals surface area contributed by atoms with Crippen LogP contribution in [0.25, 0.3) is 0 Å². The highest BCUT2D eigenvalue weighted by Crippen LogP contribution is 2.18. The SMILES string of the molecule is CCCOc1cccc(NC(=O)COc2ccccc2C)c1. The fourth-order valence-electron chi connectivity index (χ4n) is 1.94. The number of carbonyl (C=O) groups is 1. The number of benzene rings is 2. The zero-order valence-electron chi connectivity index (χ0n) is 13.0. The summed E-state index contributed by atoms with van der Waals surface area (Å²) >= 11 is 0. The Hall–Kier alpha value is -2.49. The van der Waals surface area contributed by atoms with Crippen molar-refractivity contribution in [3.8, 4) is 11.5 Å². The third-order valence-electron chi connectivity index (χ3n) is 3.04. The van der Waals surface area contributed by atoms with E-state index in [9.17, 15) is 4.79 Å². The van der Waals surface area contributed by atoms with Crippen LogP contribution in [0, 0.1) is 6.92 Å². The number of hydrogen-bond acceptors (Lipinski definition) is 3. The summed E-state index contributed by atoms with van der Waals surface area (Å²) in [5, 5.41) is 2.80. The lowest BCUT2D eigenvalue weighted by molar-refractivity contribution is -0.118. The van der Waals surface area contributed by atoms with Crippen LogP contribution in [0.1, 0.15) is 18.9 Å². The number of rotatable bonds is 7. The molecule has 0 radical (unpaired) electrons. The van der Waals surface area contributed by atoms with Gasteiger partial charge in [0.15, 0.2) is 6.61 Å². The highest BCUT2D eigenvalue weighted by molar-refractivity contribution is 5.92. The van der Waals surface area contributed by atoms with Crippen molar-refractivity contribution in [1.29, 1.82) is 0 Å². The molecule has 1 amide bonds. The largest absolute Gasteiger partial charge is 0.494 e. The average molecular weight is 299 g/mol. The van der Waals surface area contributed by atoms with Crippen LogP contribution in [-0.2, 0) is 4.79 Å². The van der Waals surface area contributed by atoms with Crippen LogP contribution in [0.15, 0.2) is 48.5 Å². The van der Waals surface area contributed by atoms with Crippen molar-refractivity contribution in [2.75, 3.05) is 18.5 Å². The molecule has 0 saturated heterocycles. The number of hydrogen-bond donors (Lipinski definition) is 1. The molecule has 0 fully saturated rings. The molecule has 0 aromatic heterocycles.